The molecule has 1 unspecified atom stereocenters. The van der Waals surface area contributed by atoms with Gasteiger partial charge < -0.3 is 20.1 Å². The van der Waals surface area contributed by atoms with Gasteiger partial charge in [-0.05, 0) is 56.7 Å². The number of halogens is 1. The number of ether oxygens (including phenoxy) is 2. The van der Waals surface area contributed by atoms with Crippen LogP contribution in [0.2, 0.25) is 0 Å². The summed E-state index contributed by atoms with van der Waals surface area (Å²) in [5.74, 6) is 1.86. The summed E-state index contributed by atoms with van der Waals surface area (Å²) in [4.78, 5) is 7.80. The van der Waals surface area contributed by atoms with Gasteiger partial charge >= 0.3 is 0 Å². The minimum absolute atomic E-state index is 0. The third-order valence-corrected chi connectivity index (χ3v) is 7.44. The Morgan fingerprint density at radius 2 is 1.88 bits per heavy atom. The van der Waals surface area contributed by atoms with Crippen molar-refractivity contribution >= 4 is 29.9 Å². The van der Waals surface area contributed by atoms with Crippen molar-refractivity contribution < 1.29 is 9.47 Å². The molecule has 3 aliphatic rings. The summed E-state index contributed by atoms with van der Waals surface area (Å²) in [5.41, 5.74) is 1.36. The van der Waals surface area contributed by atoms with Crippen LogP contribution in [-0.4, -0.2) is 69.4 Å². The third-order valence-electron chi connectivity index (χ3n) is 7.44. The number of rotatable bonds is 7. The Morgan fingerprint density at radius 1 is 1.16 bits per heavy atom. The topological polar surface area (TPSA) is 58.1 Å². The first-order chi connectivity index (χ1) is 15.2. The smallest absolute Gasteiger partial charge is 0.191 e. The average molecular weight is 557 g/mol. The second-order valence-corrected chi connectivity index (χ2v) is 9.38. The van der Waals surface area contributed by atoms with Crippen LogP contribution in [0.5, 0.6) is 5.75 Å². The molecule has 0 amide bonds. The average Bonchev–Trinajstić information content (AvgIpc) is 3.50. The molecule has 2 saturated heterocycles. The fourth-order valence-corrected chi connectivity index (χ4v) is 5.49. The van der Waals surface area contributed by atoms with Gasteiger partial charge in [-0.15, -0.1) is 24.0 Å². The van der Waals surface area contributed by atoms with Crippen molar-refractivity contribution in [2.45, 2.75) is 69.4 Å². The van der Waals surface area contributed by atoms with Gasteiger partial charge in [0, 0.05) is 50.3 Å². The lowest BCUT2D eigenvalue weighted by molar-refractivity contribution is 0.0531. The van der Waals surface area contributed by atoms with Crippen LogP contribution in [0.25, 0.3) is 0 Å². The Kier molecular flexibility index (Phi) is 9.92. The molecule has 4 rings (SSSR count). The highest BCUT2D eigenvalue weighted by atomic mass is 127. The SMILES string of the molecule is CCNC(=NCC1(c2ccc(OC)cc2)CCOCC1)NC1CCN(C2CCCC2)C1.I. The molecule has 0 aromatic heterocycles. The Balaban J connectivity index is 0.00000289. The van der Waals surface area contributed by atoms with Gasteiger partial charge in [-0.1, -0.05) is 25.0 Å². The summed E-state index contributed by atoms with van der Waals surface area (Å²) in [7, 11) is 1.72. The summed E-state index contributed by atoms with van der Waals surface area (Å²) >= 11 is 0. The van der Waals surface area contributed by atoms with Crippen molar-refractivity contribution in [3.8, 4) is 5.75 Å². The highest BCUT2D eigenvalue weighted by molar-refractivity contribution is 14.0. The Bertz CT molecular complexity index is 715. The molecule has 3 fully saturated rings. The van der Waals surface area contributed by atoms with Gasteiger partial charge in [0.1, 0.15) is 5.75 Å². The zero-order valence-corrected chi connectivity index (χ0v) is 22.1. The standard InChI is InChI=1S/C25H40N4O2.HI/c1-3-26-24(28-21-12-15-29(18-21)22-6-4-5-7-22)27-19-25(13-16-31-17-14-25)20-8-10-23(30-2)11-9-20;/h8-11,21-22H,3-7,12-19H2,1-2H3,(H2,26,27,28);1H. The monoisotopic (exact) mass is 556 g/mol. The van der Waals surface area contributed by atoms with Crippen LogP contribution in [-0.2, 0) is 10.2 Å². The first-order valence-electron chi connectivity index (χ1n) is 12.2. The van der Waals surface area contributed by atoms with Gasteiger partial charge in [0.15, 0.2) is 5.96 Å². The number of nitrogens with zero attached hydrogens (tertiary/aromatic N) is 2. The fraction of sp³-hybridized carbons (Fsp3) is 0.720. The Morgan fingerprint density at radius 3 is 2.53 bits per heavy atom. The molecule has 7 heteroatoms. The summed E-state index contributed by atoms with van der Waals surface area (Å²) in [5, 5.41) is 7.23. The maximum Gasteiger partial charge on any atom is 0.191 e. The van der Waals surface area contributed by atoms with Crippen molar-refractivity contribution in [1.82, 2.24) is 15.5 Å². The number of methoxy groups -OCH3 is 1. The number of nitrogens with one attached hydrogen (secondary N) is 2. The molecule has 2 N–H and O–H groups in total. The van der Waals surface area contributed by atoms with E-state index in [1.165, 1.54) is 44.2 Å². The van der Waals surface area contributed by atoms with E-state index in [0.29, 0.717) is 6.04 Å². The van der Waals surface area contributed by atoms with Crippen molar-refractivity contribution in [3.63, 3.8) is 0 Å². The lowest BCUT2D eigenvalue weighted by atomic mass is 9.74. The normalized spacial score (nSPS) is 24.2. The van der Waals surface area contributed by atoms with Gasteiger partial charge in [0.2, 0.25) is 0 Å². The minimum atomic E-state index is 0. The lowest BCUT2D eigenvalue weighted by Gasteiger charge is -2.37. The van der Waals surface area contributed by atoms with Gasteiger partial charge in [0.25, 0.3) is 0 Å². The summed E-state index contributed by atoms with van der Waals surface area (Å²) in [6.07, 6.45) is 8.78. The maximum absolute atomic E-state index is 5.70. The van der Waals surface area contributed by atoms with E-state index in [4.69, 9.17) is 14.5 Å². The van der Waals surface area contributed by atoms with E-state index in [1.54, 1.807) is 7.11 Å². The fourth-order valence-electron chi connectivity index (χ4n) is 5.49. The predicted octanol–water partition coefficient (Wildman–Crippen LogP) is 3.93. The molecule has 1 aromatic rings. The Hall–Kier alpha value is -1.06. The molecule has 2 heterocycles. The summed E-state index contributed by atoms with van der Waals surface area (Å²) in [6.45, 7) is 7.75. The molecule has 32 heavy (non-hydrogen) atoms. The highest BCUT2D eigenvalue weighted by Crippen LogP contribution is 2.36. The van der Waals surface area contributed by atoms with Gasteiger partial charge in [-0.25, -0.2) is 0 Å². The molecule has 0 bridgehead atoms. The van der Waals surface area contributed by atoms with Gasteiger partial charge in [-0.3, -0.25) is 9.89 Å². The predicted molar refractivity (Wildman–Crippen MR) is 141 cm³/mol. The van der Waals surface area contributed by atoms with Crippen molar-refractivity contribution in [2.75, 3.05) is 46.5 Å². The molecule has 6 nitrogen and oxygen atoms in total. The lowest BCUT2D eigenvalue weighted by Crippen LogP contribution is -2.46. The van der Waals surface area contributed by atoms with Gasteiger partial charge in [-0.2, -0.15) is 0 Å². The van der Waals surface area contributed by atoms with Crippen LogP contribution in [0.15, 0.2) is 29.3 Å². The summed E-state index contributed by atoms with van der Waals surface area (Å²) < 4.78 is 11.1. The Labute approximate surface area is 210 Å². The van der Waals surface area contributed by atoms with Crippen LogP contribution in [0, 0.1) is 0 Å². The van der Waals surface area contributed by atoms with E-state index in [1.807, 2.05) is 0 Å². The molecule has 1 aliphatic carbocycles. The molecule has 180 valence electrons. The first-order valence-corrected chi connectivity index (χ1v) is 12.2. The zero-order chi connectivity index (χ0) is 21.5. The van der Waals surface area contributed by atoms with E-state index in [-0.39, 0.29) is 29.4 Å². The third kappa shape index (κ3) is 6.29. The van der Waals surface area contributed by atoms with E-state index < -0.39 is 0 Å². The molecule has 1 saturated carbocycles. The van der Waals surface area contributed by atoms with Crippen LogP contribution < -0.4 is 15.4 Å². The number of benzene rings is 1. The first kappa shape index (κ1) is 25.6. The maximum atomic E-state index is 5.70. The van der Waals surface area contributed by atoms with Gasteiger partial charge in [0.05, 0.1) is 13.7 Å². The second-order valence-electron chi connectivity index (χ2n) is 9.38. The highest BCUT2D eigenvalue weighted by Gasteiger charge is 2.35. The largest absolute Gasteiger partial charge is 0.497 e. The van der Waals surface area contributed by atoms with Crippen molar-refractivity contribution in [3.05, 3.63) is 29.8 Å². The second kappa shape index (κ2) is 12.4. The molecular weight excluding hydrogens is 515 g/mol. The molecule has 0 radical (unpaired) electrons. The zero-order valence-electron chi connectivity index (χ0n) is 19.8. The van der Waals surface area contributed by atoms with Crippen LogP contribution in [0.1, 0.15) is 57.4 Å². The molecule has 1 aromatic carbocycles. The van der Waals surface area contributed by atoms with Crippen molar-refractivity contribution in [2.24, 2.45) is 4.99 Å². The summed E-state index contributed by atoms with van der Waals surface area (Å²) in [6, 6.07) is 9.84. The van der Waals surface area contributed by atoms with E-state index in [0.717, 1.165) is 63.4 Å². The number of aliphatic imine (C=N–C) groups is 1. The molecule has 1 atom stereocenters. The number of hydrogen-bond acceptors (Lipinski definition) is 4. The van der Waals surface area contributed by atoms with E-state index in [9.17, 15) is 0 Å². The van der Waals surface area contributed by atoms with E-state index >= 15 is 0 Å². The van der Waals surface area contributed by atoms with Crippen LogP contribution >= 0.6 is 24.0 Å². The van der Waals surface area contributed by atoms with E-state index in [2.05, 4.69) is 46.7 Å². The minimum Gasteiger partial charge on any atom is -0.497 e. The van der Waals surface area contributed by atoms with Crippen molar-refractivity contribution in [1.29, 1.82) is 0 Å². The molecular formula is C25H41IN4O2. The van der Waals surface area contributed by atoms with Crippen LogP contribution in [0.3, 0.4) is 0 Å². The number of hydrogen-bond donors (Lipinski definition) is 2. The number of guanidine groups is 1. The van der Waals surface area contributed by atoms with Crippen LogP contribution in [0.4, 0.5) is 0 Å². The quantitative estimate of drug-likeness (QED) is 0.303. The molecule has 2 aliphatic heterocycles. The molecule has 0 spiro atoms. The number of likely N-dealkylation sites (tertiary alicyclic amines) is 1.